The zero-order valence-electron chi connectivity index (χ0n) is 32.3. The molecule has 4 amide bonds. The largest absolute Gasteiger partial charge is 0.497 e. The van der Waals surface area contributed by atoms with Crippen molar-refractivity contribution in [3.05, 3.63) is 42.6 Å². The molecule has 3 fully saturated rings. The third-order valence-corrected chi connectivity index (χ3v) is 13.4. The topological polar surface area (TPSA) is 192 Å². The first-order valence-electron chi connectivity index (χ1n) is 18.9. The van der Waals surface area contributed by atoms with Crippen molar-refractivity contribution >= 4 is 44.6 Å². The Hall–Kier alpha value is -4.65. The van der Waals surface area contributed by atoms with Crippen molar-refractivity contribution in [2.45, 2.75) is 119 Å². The van der Waals surface area contributed by atoms with Gasteiger partial charge in [0, 0.05) is 30.5 Å². The van der Waals surface area contributed by atoms with Crippen molar-refractivity contribution in [2.24, 2.45) is 5.92 Å². The second kappa shape index (κ2) is 15.6. The van der Waals surface area contributed by atoms with E-state index in [0.29, 0.717) is 50.7 Å². The lowest BCUT2D eigenvalue weighted by atomic mass is 10.1. The van der Waals surface area contributed by atoms with Crippen molar-refractivity contribution in [1.82, 2.24) is 25.2 Å². The first-order valence-corrected chi connectivity index (χ1v) is 20.4. The average Bonchev–Trinajstić information content (AvgIpc) is 4.02. The molecule has 57 heavy (non-hydrogen) atoms. The number of amides is 4. The maximum absolute atomic E-state index is 14.7. The second-order valence-electron chi connectivity index (χ2n) is 15.7. The lowest BCUT2D eigenvalue weighted by Crippen LogP contribution is -2.61. The summed E-state index contributed by atoms with van der Waals surface area (Å²) in [6, 6.07) is 3.98. The molecule has 2 aliphatic carbocycles. The van der Waals surface area contributed by atoms with Crippen LogP contribution in [0.25, 0.3) is 10.8 Å². The molecule has 0 bridgehead atoms. The first kappa shape index (κ1) is 42.0. The van der Waals surface area contributed by atoms with Crippen LogP contribution in [0, 0.1) is 5.92 Å². The Kier molecular flexibility index (Phi) is 11.5. The Morgan fingerprint density at radius 3 is 2.56 bits per heavy atom. The van der Waals surface area contributed by atoms with Gasteiger partial charge in [-0.3, -0.25) is 19.1 Å². The van der Waals surface area contributed by atoms with Crippen LogP contribution in [0.4, 0.5) is 18.0 Å². The molecule has 1 aromatic heterocycles. The van der Waals surface area contributed by atoms with Crippen molar-refractivity contribution in [2.75, 3.05) is 20.3 Å². The van der Waals surface area contributed by atoms with E-state index in [0.717, 1.165) is 10.3 Å². The van der Waals surface area contributed by atoms with Crippen LogP contribution in [0.3, 0.4) is 0 Å². The van der Waals surface area contributed by atoms with Crippen LogP contribution in [-0.4, -0.2) is 109 Å². The minimum Gasteiger partial charge on any atom is -0.497 e. The van der Waals surface area contributed by atoms with E-state index in [9.17, 15) is 40.8 Å². The maximum Gasteiger partial charge on any atom is 0.427 e. The van der Waals surface area contributed by atoms with Crippen LogP contribution in [0.2, 0.25) is 0 Å². The van der Waals surface area contributed by atoms with Gasteiger partial charge in [0.2, 0.25) is 33.3 Å². The summed E-state index contributed by atoms with van der Waals surface area (Å²) < 4.78 is 90.9. The van der Waals surface area contributed by atoms with E-state index >= 15 is 0 Å². The Morgan fingerprint density at radius 1 is 1.16 bits per heavy atom. The van der Waals surface area contributed by atoms with Crippen LogP contribution < -0.4 is 24.8 Å². The number of fused-ring (bicyclic) bond motifs is 3. The number of hydrogen-bond donors (Lipinski definition) is 3. The Morgan fingerprint density at radius 2 is 1.89 bits per heavy atom. The highest BCUT2D eigenvalue weighted by Gasteiger charge is 2.63. The molecule has 6 unspecified atom stereocenters. The van der Waals surface area contributed by atoms with E-state index in [1.165, 1.54) is 20.2 Å². The van der Waals surface area contributed by atoms with Crippen molar-refractivity contribution in [3.63, 3.8) is 0 Å². The molecule has 4 aliphatic rings. The standard InChI is InChI=1S/C38H48F3N5O10S/c1-6-28-29(43-34(50)56-35(2,3)38(39,40)41)32(48)46-21-25(55-31-26-12-11-24(53-5)18-22(26)13-16-42-31)19-27(46)30(47)44-37(20-23(37)10-8-7-9-17-54-28)33(49)45-57(51,52)36(4)14-15-36/h8,10-13,16,18,23,25,27-29H,6-7,9,14-15,17,19-21H2,1-5H3,(H,43,50)(H,44,47)(H,45,49). The summed E-state index contributed by atoms with van der Waals surface area (Å²) in [4.78, 5) is 61.6. The lowest BCUT2D eigenvalue weighted by Gasteiger charge is -2.34. The summed E-state index contributed by atoms with van der Waals surface area (Å²) in [6.45, 7) is 4.35. The zero-order chi connectivity index (χ0) is 41.6. The number of hydrogen-bond acceptors (Lipinski definition) is 11. The third kappa shape index (κ3) is 8.63. The van der Waals surface area contributed by atoms with Gasteiger partial charge in [-0.2, -0.15) is 13.2 Å². The minimum absolute atomic E-state index is 0.0778. The number of carbonyl (C=O) groups excluding carboxylic acids is 4. The number of allylic oxidation sites excluding steroid dienone is 1. The van der Waals surface area contributed by atoms with E-state index in [-0.39, 0.29) is 38.3 Å². The van der Waals surface area contributed by atoms with Crippen LogP contribution in [0.5, 0.6) is 11.6 Å². The molecule has 3 N–H and O–H groups in total. The smallest absolute Gasteiger partial charge is 0.427 e. The van der Waals surface area contributed by atoms with Crippen molar-refractivity contribution in [3.8, 4) is 11.6 Å². The van der Waals surface area contributed by atoms with Gasteiger partial charge >= 0.3 is 12.3 Å². The molecule has 2 saturated carbocycles. The molecule has 1 aromatic carbocycles. The van der Waals surface area contributed by atoms with Gasteiger partial charge < -0.3 is 34.5 Å². The number of alkyl halides is 3. The molecular weight excluding hydrogens is 776 g/mol. The number of methoxy groups -OCH3 is 1. The molecule has 2 aliphatic heterocycles. The van der Waals surface area contributed by atoms with Crippen LogP contribution >= 0.6 is 0 Å². The number of halogens is 3. The van der Waals surface area contributed by atoms with Gasteiger partial charge in [-0.1, -0.05) is 19.1 Å². The molecule has 15 nitrogen and oxygen atoms in total. The molecule has 0 radical (unpaired) electrons. The van der Waals surface area contributed by atoms with Gasteiger partial charge in [0.15, 0.2) is 0 Å². The predicted molar refractivity (Wildman–Crippen MR) is 198 cm³/mol. The summed E-state index contributed by atoms with van der Waals surface area (Å²) in [5.74, 6) is -2.41. The zero-order valence-corrected chi connectivity index (χ0v) is 33.1. The highest BCUT2D eigenvalue weighted by molar-refractivity contribution is 7.91. The predicted octanol–water partition coefficient (Wildman–Crippen LogP) is 4.05. The lowest BCUT2D eigenvalue weighted by molar-refractivity contribution is -0.244. The fourth-order valence-electron chi connectivity index (χ4n) is 7.03. The van der Waals surface area contributed by atoms with E-state index < -0.39 is 86.1 Å². The summed E-state index contributed by atoms with van der Waals surface area (Å²) in [5, 5.41) is 6.38. The SMILES string of the molecule is CCC1OCCCC=CC2CC2(C(=O)NS(=O)(=O)C2(C)CC2)NC(=O)C2CC(Oc3nccc4cc(OC)ccc34)CN2C(=O)C1NC(=O)OC(C)(C)C(F)(F)F. The van der Waals surface area contributed by atoms with Gasteiger partial charge in [0.1, 0.15) is 29.5 Å². The Balaban J connectivity index is 1.35. The normalized spacial score (nSPS) is 27.9. The molecule has 2 aromatic rings. The van der Waals surface area contributed by atoms with Crippen LogP contribution in [0.15, 0.2) is 42.6 Å². The quantitative estimate of drug-likeness (QED) is 0.310. The Bertz CT molecular complexity index is 2040. The van der Waals surface area contributed by atoms with Crippen molar-refractivity contribution in [1.29, 1.82) is 0 Å². The number of alkyl carbamates (subject to hydrolysis) is 1. The molecular formula is C38H48F3N5O10S. The summed E-state index contributed by atoms with van der Waals surface area (Å²) in [6.07, 6.45) is -1.75. The minimum atomic E-state index is -4.94. The number of ether oxygens (including phenoxy) is 4. The molecule has 312 valence electrons. The fraction of sp³-hybridized carbons (Fsp3) is 0.605. The van der Waals surface area contributed by atoms with Gasteiger partial charge in [-0.05, 0) is 88.9 Å². The summed E-state index contributed by atoms with van der Waals surface area (Å²) >= 11 is 0. The number of carbonyl (C=O) groups is 4. The van der Waals surface area contributed by atoms with Gasteiger partial charge in [-0.25, -0.2) is 18.2 Å². The fourth-order valence-corrected chi connectivity index (χ4v) is 8.34. The third-order valence-electron chi connectivity index (χ3n) is 11.2. The molecule has 0 spiro atoms. The number of pyridine rings is 1. The number of rotatable bonds is 9. The van der Waals surface area contributed by atoms with Gasteiger partial charge in [-0.15, -0.1) is 0 Å². The van der Waals surface area contributed by atoms with E-state index in [2.05, 4.69) is 20.3 Å². The average molecular weight is 824 g/mol. The number of nitrogens with one attached hydrogen (secondary N) is 3. The molecule has 1 saturated heterocycles. The number of nitrogens with zero attached hydrogens (tertiary/aromatic N) is 2. The summed E-state index contributed by atoms with van der Waals surface area (Å²) in [7, 11) is -2.56. The number of aromatic nitrogens is 1. The second-order valence-corrected chi connectivity index (χ2v) is 17.9. The number of benzene rings is 1. The van der Waals surface area contributed by atoms with Crippen molar-refractivity contribution < 1.29 is 59.7 Å². The van der Waals surface area contributed by atoms with E-state index in [1.54, 1.807) is 43.3 Å². The highest BCUT2D eigenvalue weighted by atomic mass is 32.2. The molecule has 6 atom stereocenters. The first-order chi connectivity index (χ1) is 26.7. The van der Waals surface area contributed by atoms with Crippen LogP contribution in [-0.2, 0) is 33.9 Å². The number of sulfonamides is 1. The molecule has 3 heterocycles. The van der Waals surface area contributed by atoms with Gasteiger partial charge in [0.05, 0.1) is 24.5 Å². The highest BCUT2D eigenvalue weighted by Crippen LogP contribution is 2.47. The Labute approximate surface area is 328 Å². The van der Waals surface area contributed by atoms with E-state index in [1.807, 2.05) is 0 Å². The maximum atomic E-state index is 14.7. The van der Waals surface area contributed by atoms with Gasteiger partial charge in [0.25, 0.3) is 5.91 Å². The van der Waals surface area contributed by atoms with Crippen LogP contribution in [0.1, 0.15) is 72.6 Å². The molecule has 6 rings (SSSR count). The molecule has 19 heteroatoms. The monoisotopic (exact) mass is 823 g/mol. The van der Waals surface area contributed by atoms with E-state index in [4.69, 9.17) is 18.9 Å². The summed E-state index contributed by atoms with van der Waals surface area (Å²) in [5.41, 5.74) is -4.58.